The predicted octanol–water partition coefficient (Wildman–Crippen LogP) is 2.99. The van der Waals surface area contributed by atoms with Gasteiger partial charge in [-0.1, -0.05) is 19.1 Å². The van der Waals surface area contributed by atoms with Gasteiger partial charge in [-0.05, 0) is 50.1 Å². The maximum absolute atomic E-state index is 14.3. The van der Waals surface area contributed by atoms with Gasteiger partial charge in [0, 0.05) is 25.2 Å². The topological polar surface area (TPSA) is 49.6 Å². The van der Waals surface area contributed by atoms with Crippen LogP contribution in [0, 0.1) is 5.82 Å². The van der Waals surface area contributed by atoms with Crippen LogP contribution in [0.25, 0.3) is 17.0 Å². The molecule has 2 aliphatic heterocycles. The zero-order chi connectivity index (χ0) is 18.4. The van der Waals surface area contributed by atoms with E-state index in [9.17, 15) is 4.39 Å². The maximum atomic E-state index is 14.3. The lowest BCUT2D eigenvalue weighted by Gasteiger charge is -2.29. The van der Waals surface area contributed by atoms with Gasteiger partial charge in [-0.15, -0.1) is 15.3 Å². The minimum absolute atomic E-state index is 0.313. The third kappa shape index (κ3) is 2.77. The largest absolute Gasteiger partial charge is 0.348 e. The molecule has 4 heterocycles. The standard InChI is InChI=1S/C20H23FN6/c1-2-25-12-11-14-7-8-15(13-25)26(14)19-10-9-18-22-23-20(27(18)24-19)16-5-3-4-6-17(16)21/h3-6,9-10,14-15H,2,7-8,11-13H2,1H3. The smallest absolute Gasteiger partial charge is 0.188 e. The molecular formula is C20H23FN6. The van der Waals surface area contributed by atoms with Gasteiger partial charge < -0.3 is 9.80 Å². The number of aromatic nitrogens is 4. The average molecular weight is 366 g/mol. The molecule has 2 atom stereocenters. The summed E-state index contributed by atoms with van der Waals surface area (Å²) in [5, 5.41) is 13.2. The first kappa shape index (κ1) is 16.6. The Labute approximate surface area is 157 Å². The van der Waals surface area contributed by atoms with Crippen molar-refractivity contribution in [2.75, 3.05) is 24.5 Å². The van der Waals surface area contributed by atoms with E-state index >= 15 is 0 Å². The summed E-state index contributed by atoms with van der Waals surface area (Å²) in [4.78, 5) is 5.00. The van der Waals surface area contributed by atoms with Crippen molar-refractivity contribution in [3.8, 4) is 11.4 Å². The lowest BCUT2D eigenvalue weighted by Crippen LogP contribution is -2.39. The molecule has 1 aromatic carbocycles. The highest BCUT2D eigenvalue weighted by atomic mass is 19.1. The minimum Gasteiger partial charge on any atom is -0.348 e. The Morgan fingerprint density at radius 2 is 1.89 bits per heavy atom. The van der Waals surface area contributed by atoms with Crippen LogP contribution in [0.3, 0.4) is 0 Å². The number of likely N-dealkylation sites (tertiary alicyclic amines) is 1. The summed E-state index contributed by atoms with van der Waals surface area (Å²) in [7, 11) is 0. The fourth-order valence-electron chi connectivity index (χ4n) is 4.53. The molecule has 0 radical (unpaired) electrons. The summed E-state index contributed by atoms with van der Waals surface area (Å²) in [5.41, 5.74) is 1.06. The highest BCUT2D eigenvalue weighted by Gasteiger charge is 2.37. The van der Waals surface area contributed by atoms with Crippen molar-refractivity contribution >= 4 is 11.5 Å². The Bertz CT molecular complexity index is 970. The molecule has 0 amide bonds. The molecule has 0 saturated carbocycles. The van der Waals surface area contributed by atoms with Gasteiger partial charge in [0.2, 0.25) is 0 Å². The highest BCUT2D eigenvalue weighted by Crippen LogP contribution is 2.34. The van der Waals surface area contributed by atoms with Crippen LogP contribution in [0.5, 0.6) is 0 Å². The second kappa shape index (κ2) is 6.56. The maximum Gasteiger partial charge on any atom is 0.188 e. The number of likely N-dealkylation sites (N-methyl/N-ethyl adjacent to an activating group) is 1. The summed E-state index contributed by atoms with van der Waals surface area (Å²) >= 11 is 0. The second-order valence-corrected chi connectivity index (χ2v) is 7.44. The van der Waals surface area contributed by atoms with Crippen LogP contribution in [-0.2, 0) is 0 Å². The van der Waals surface area contributed by atoms with E-state index in [-0.39, 0.29) is 5.82 Å². The van der Waals surface area contributed by atoms with Crippen molar-refractivity contribution in [2.24, 2.45) is 0 Å². The highest BCUT2D eigenvalue weighted by molar-refractivity contribution is 5.60. The molecule has 5 rings (SSSR count). The van der Waals surface area contributed by atoms with Crippen molar-refractivity contribution in [2.45, 2.75) is 38.3 Å². The fraction of sp³-hybridized carbons (Fsp3) is 0.450. The van der Waals surface area contributed by atoms with Gasteiger partial charge >= 0.3 is 0 Å². The molecule has 2 bridgehead atoms. The van der Waals surface area contributed by atoms with Crippen LogP contribution in [0.1, 0.15) is 26.2 Å². The van der Waals surface area contributed by atoms with Crippen LogP contribution in [0.4, 0.5) is 10.2 Å². The number of nitrogens with zero attached hydrogens (tertiary/aromatic N) is 6. The Morgan fingerprint density at radius 3 is 2.74 bits per heavy atom. The molecule has 0 N–H and O–H groups in total. The van der Waals surface area contributed by atoms with Crippen LogP contribution in [-0.4, -0.2) is 56.4 Å². The normalized spacial score (nSPS) is 23.1. The van der Waals surface area contributed by atoms with Crippen molar-refractivity contribution < 1.29 is 4.39 Å². The lowest BCUT2D eigenvalue weighted by atomic mass is 10.1. The SMILES string of the molecule is CCN1CCC2CCC(C1)N2c1ccc2nnc(-c3ccccc3F)n2n1. The van der Waals surface area contributed by atoms with E-state index in [1.54, 1.807) is 22.7 Å². The van der Waals surface area contributed by atoms with E-state index in [2.05, 4.69) is 26.9 Å². The molecular weight excluding hydrogens is 343 g/mol. The Balaban J connectivity index is 1.57. The zero-order valence-corrected chi connectivity index (χ0v) is 15.4. The van der Waals surface area contributed by atoms with E-state index in [1.807, 2.05) is 12.1 Å². The van der Waals surface area contributed by atoms with E-state index in [0.29, 0.717) is 29.1 Å². The first-order valence-electron chi connectivity index (χ1n) is 9.72. The monoisotopic (exact) mass is 366 g/mol. The van der Waals surface area contributed by atoms with Gasteiger partial charge in [0.25, 0.3) is 0 Å². The van der Waals surface area contributed by atoms with Crippen molar-refractivity contribution in [3.63, 3.8) is 0 Å². The third-order valence-corrected chi connectivity index (χ3v) is 5.94. The molecule has 2 saturated heterocycles. The van der Waals surface area contributed by atoms with Crippen LogP contribution in [0.15, 0.2) is 36.4 Å². The fourth-order valence-corrected chi connectivity index (χ4v) is 4.53. The van der Waals surface area contributed by atoms with Gasteiger partial charge in [0.15, 0.2) is 11.5 Å². The van der Waals surface area contributed by atoms with Gasteiger partial charge in [0.1, 0.15) is 11.6 Å². The zero-order valence-electron chi connectivity index (χ0n) is 15.4. The second-order valence-electron chi connectivity index (χ2n) is 7.44. The number of hydrogen-bond acceptors (Lipinski definition) is 5. The van der Waals surface area contributed by atoms with E-state index < -0.39 is 0 Å². The number of benzene rings is 1. The molecule has 140 valence electrons. The first-order valence-corrected chi connectivity index (χ1v) is 9.72. The summed E-state index contributed by atoms with van der Waals surface area (Å²) < 4.78 is 16.0. The molecule has 2 aliphatic rings. The van der Waals surface area contributed by atoms with E-state index in [0.717, 1.165) is 31.9 Å². The van der Waals surface area contributed by atoms with Gasteiger partial charge in [-0.3, -0.25) is 0 Å². The van der Waals surface area contributed by atoms with Crippen LogP contribution < -0.4 is 4.90 Å². The van der Waals surface area contributed by atoms with Crippen molar-refractivity contribution in [3.05, 3.63) is 42.2 Å². The Hall–Kier alpha value is -2.54. The number of halogens is 1. The van der Waals surface area contributed by atoms with Gasteiger partial charge in [-0.25, -0.2) is 4.39 Å². The summed E-state index contributed by atoms with van der Waals surface area (Å²) in [6, 6.07) is 11.6. The molecule has 2 fully saturated rings. The first-order chi connectivity index (χ1) is 13.2. The number of fused-ring (bicyclic) bond motifs is 3. The van der Waals surface area contributed by atoms with Gasteiger partial charge in [-0.2, -0.15) is 4.52 Å². The number of hydrogen-bond donors (Lipinski definition) is 0. The lowest BCUT2D eigenvalue weighted by molar-refractivity contribution is 0.273. The van der Waals surface area contributed by atoms with Crippen LogP contribution >= 0.6 is 0 Å². The quantitative estimate of drug-likeness (QED) is 0.713. The van der Waals surface area contributed by atoms with Gasteiger partial charge in [0.05, 0.1) is 5.56 Å². The minimum atomic E-state index is -0.313. The molecule has 0 spiro atoms. The molecule has 0 aliphatic carbocycles. The molecule has 3 aromatic rings. The molecule has 2 unspecified atom stereocenters. The average Bonchev–Trinajstić information content (AvgIpc) is 3.22. The van der Waals surface area contributed by atoms with Crippen molar-refractivity contribution in [1.82, 2.24) is 24.7 Å². The number of rotatable bonds is 3. The third-order valence-electron chi connectivity index (χ3n) is 5.94. The molecule has 27 heavy (non-hydrogen) atoms. The van der Waals surface area contributed by atoms with Crippen molar-refractivity contribution in [1.29, 1.82) is 0 Å². The van der Waals surface area contributed by atoms with E-state index in [1.165, 1.54) is 18.9 Å². The predicted molar refractivity (Wildman–Crippen MR) is 102 cm³/mol. The number of anilines is 1. The summed E-state index contributed by atoms with van der Waals surface area (Å²) in [5.74, 6) is 1.07. The Kier molecular flexibility index (Phi) is 4.04. The summed E-state index contributed by atoms with van der Waals surface area (Å²) in [6.07, 6.45) is 3.57. The molecule has 2 aromatic heterocycles. The van der Waals surface area contributed by atoms with E-state index in [4.69, 9.17) is 5.10 Å². The summed E-state index contributed by atoms with van der Waals surface area (Å²) in [6.45, 7) is 5.54. The molecule has 6 nitrogen and oxygen atoms in total. The Morgan fingerprint density at radius 1 is 1.04 bits per heavy atom. The molecule has 7 heteroatoms. The van der Waals surface area contributed by atoms with Crippen LogP contribution in [0.2, 0.25) is 0 Å².